The average molecular weight is 670 g/mol. The number of nitrogens with zero attached hydrogens (tertiary/aromatic N) is 3. The molecular formula is C39H51N5O3S. The first kappa shape index (κ1) is 35.5. The van der Waals surface area contributed by atoms with Gasteiger partial charge in [0.25, 0.3) is 0 Å². The van der Waals surface area contributed by atoms with Crippen LogP contribution < -0.4 is 11.1 Å². The van der Waals surface area contributed by atoms with Crippen LogP contribution in [0.5, 0.6) is 0 Å². The number of likely N-dealkylation sites (tertiary alicyclic amines) is 1. The molecule has 2 heterocycles. The average Bonchev–Trinajstić information content (AvgIpc) is 3.76. The predicted molar refractivity (Wildman–Crippen MR) is 195 cm³/mol. The summed E-state index contributed by atoms with van der Waals surface area (Å²) in [5.41, 5.74) is 9.27. The number of amides is 3. The van der Waals surface area contributed by atoms with E-state index in [9.17, 15) is 14.4 Å². The smallest absolute Gasteiger partial charge is 0.246 e. The molecule has 0 radical (unpaired) electrons. The molecule has 0 spiro atoms. The summed E-state index contributed by atoms with van der Waals surface area (Å²) in [7, 11) is 5.50. The zero-order valence-electron chi connectivity index (χ0n) is 28.6. The third-order valence-electron chi connectivity index (χ3n) is 10.3. The molecule has 3 aromatic rings. The van der Waals surface area contributed by atoms with Crippen molar-refractivity contribution in [2.45, 2.75) is 81.5 Å². The van der Waals surface area contributed by atoms with Crippen LogP contribution in [0.15, 0.2) is 84.3 Å². The molecule has 48 heavy (non-hydrogen) atoms. The van der Waals surface area contributed by atoms with Crippen LogP contribution in [0.2, 0.25) is 0 Å². The molecule has 1 aromatic heterocycles. The number of thiophene rings is 1. The van der Waals surface area contributed by atoms with Crippen molar-refractivity contribution in [3.05, 3.63) is 94.7 Å². The Balaban J connectivity index is 1.35. The van der Waals surface area contributed by atoms with Crippen molar-refractivity contribution in [2.24, 2.45) is 5.73 Å². The van der Waals surface area contributed by atoms with E-state index < -0.39 is 12.1 Å². The second kappa shape index (κ2) is 16.5. The van der Waals surface area contributed by atoms with E-state index in [-0.39, 0.29) is 23.3 Å². The summed E-state index contributed by atoms with van der Waals surface area (Å²) >= 11 is 1.57. The lowest BCUT2D eigenvalue weighted by Gasteiger charge is -2.37. The number of hydrogen-bond acceptors (Lipinski definition) is 6. The summed E-state index contributed by atoms with van der Waals surface area (Å²) < 4.78 is 0. The number of hydrogen-bond donors (Lipinski definition) is 2. The van der Waals surface area contributed by atoms with Gasteiger partial charge in [-0.15, -0.1) is 11.3 Å². The Bertz CT molecular complexity index is 1520. The second-order valence-corrected chi connectivity index (χ2v) is 14.7. The highest BCUT2D eigenvalue weighted by atomic mass is 32.1. The minimum atomic E-state index is -0.809. The van der Waals surface area contributed by atoms with Crippen molar-refractivity contribution < 1.29 is 14.4 Å². The molecule has 2 aromatic carbocycles. The summed E-state index contributed by atoms with van der Waals surface area (Å²) in [6.07, 6.45) is 11.0. The van der Waals surface area contributed by atoms with E-state index in [2.05, 4.69) is 29.4 Å². The first-order valence-electron chi connectivity index (χ1n) is 17.3. The van der Waals surface area contributed by atoms with Crippen molar-refractivity contribution in [1.29, 1.82) is 0 Å². The molecule has 1 unspecified atom stereocenters. The molecule has 3 amide bonds. The van der Waals surface area contributed by atoms with Gasteiger partial charge < -0.3 is 25.8 Å². The number of rotatable bonds is 15. The van der Waals surface area contributed by atoms with Crippen LogP contribution in [-0.4, -0.2) is 90.3 Å². The van der Waals surface area contributed by atoms with Gasteiger partial charge in [-0.2, -0.15) is 0 Å². The van der Waals surface area contributed by atoms with E-state index in [1.807, 2.05) is 66.1 Å². The highest BCUT2D eigenvalue weighted by molar-refractivity contribution is 7.09. The zero-order valence-corrected chi connectivity index (χ0v) is 29.5. The summed E-state index contributed by atoms with van der Waals surface area (Å²) in [4.78, 5) is 48.2. The van der Waals surface area contributed by atoms with Crippen LogP contribution in [0.3, 0.4) is 0 Å². The Morgan fingerprint density at radius 2 is 1.69 bits per heavy atom. The molecule has 8 nitrogen and oxygen atoms in total. The lowest BCUT2D eigenvalue weighted by atomic mass is 9.75. The maximum Gasteiger partial charge on any atom is 0.246 e. The fourth-order valence-electron chi connectivity index (χ4n) is 6.81. The maximum absolute atomic E-state index is 14.5. The minimum Gasteiger partial charge on any atom is -0.354 e. The number of nitrogens with one attached hydrogen (secondary N) is 1. The first-order valence-corrected chi connectivity index (χ1v) is 18.1. The lowest BCUT2D eigenvalue weighted by molar-refractivity contribution is -0.146. The van der Waals surface area contributed by atoms with Crippen LogP contribution in [0.1, 0.15) is 55.4 Å². The van der Waals surface area contributed by atoms with Crippen LogP contribution >= 0.6 is 11.3 Å². The summed E-state index contributed by atoms with van der Waals surface area (Å²) in [6, 6.07) is 21.2. The molecule has 1 saturated carbocycles. The molecule has 9 heteroatoms. The van der Waals surface area contributed by atoms with E-state index >= 15 is 0 Å². The molecule has 2 aliphatic rings. The summed E-state index contributed by atoms with van der Waals surface area (Å²) in [6.45, 7) is 1.64. The monoisotopic (exact) mass is 669 g/mol. The Morgan fingerprint density at radius 1 is 0.958 bits per heavy atom. The standard InChI is InChI=1S/C39H51N5O3S/c1-42-25-8-13-32(42)20-24-41-37(46)34(28-33-14-9-26-48-33)44(3)38(47)35(43(2)36(45)15-7-21-39(40)22-10-23-39)27-29-16-18-31(19-17-29)30-11-5-4-6-12-30/h4-7,9,11-12,14-19,26,32,34-35H,8,10,13,20-25,27-28,40H2,1-3H3,(H,41,46)/b15-7+/t32?,34-,35-/m1/s1. The Labute approximate surface area is 290 Å². The number of nitrogens with two attached hydrogens (primary N) is 1. The summed E-state index contributed by atoms with van der Waals surface area (Å²) in [5, 5.41) is 5.12. The van der Waals surface area contributed by atoms with E-state index in [1.165, 1.54) is 11.3 Å². The van der Waals surface area contributed by atoms with Gasteiger partial charge in [0.1, 0.15) is 12.1 Å². The topological polar surface area (TPSA) is 99.0 Å². The fraction of sp³-hybridized carbons (Fsp3) is 0.462. The molecule has 256 valence electrons. The fourth-order valence-corrected chi connectivity index (χ4v) is 7.56. The van der Waals surface area contributed by atoms with Crippen molar-refractivity contribution in [2.75, 3.05) is 34.2 Å². The molecule has 5 rings (SSSR count). The molecule has 3 atom stereocenters. The summed E-state index contributed by atoms with van der Waals surface area (Å²) in [5.74, 6) is -0.702. The van der Waals surface area contributed by atoms with Crippen molar-refractivity contribution in [3.63, 3.8) is 0 Å². The van der Waals surface area contributed by atoms with Crippen LogP contribution in [0, 0.1) is 0 Å². The van der Waals surface area contributed by atoms with Crippen LogP contribution in [0.4, 0.5) is 0 Å². The number of benzene rings is 2. The zero-order chi connectivity index (χ0) is 34.1. The molecule has 3 N–H and O–H groups in total. The van der Waals surface area contributed by atoms with E-state index in [4.69, 9.17) is 5.73 Å². The normalized spacial score (nSPS) is 18.6. The largest absolute Gasteiger partial charge is 0.354 e. The number of carbonyl (C=O) groups excluding carboxylic acids is 3. The van der Waals surface area contributed by atoms with Crippen LogP contribution in [-0.2, 0) is 27.2 Å². The highest BCUT2D eigenvalue weighted by Gasteiger charge is 2.35. The molecule has 0 bridgehead atoms. The number of likely N-dealkylation sites (N-methyl/N-ethyl adjacent to an activating group) is 2. The van der Waals surface area contributed by atoms with Crippen molar-refractivity contribution in [1.82, 2.24) is 20.0 Å². The van der Waals surface area contributed by atoms with E-state index in [0.717, 1.165) is 60.2 Å². The quantitative estimate of drug-likeness (QED) is 0.215. The molecule has 1 saturated heterocycles. The van der Waals surface area contributed by atoms with Gasteiger partial charge in [0.2, 0.25) is 17.7 Å². The molecule has 1 aliphatic carbocycles. The SMILES string of the molecule is CN1CCCC1CCNC(=O)[C@@H](Cc1cccs1)N(C)C(=O)[C@@H](Cc1ccc(-c2ccccc2)cc1)N(C)C(=O)/C=C/CC1(N)CCC1. The van der Waals surface area contributed by atoms with E-state index in [0.29, 0.717) is 31.8 Å². The second-order valence-electron chi connectivity index (χ2n) is 13.7. The Morgan fingerprint density at radius 3 is 2.31 bits per heavy atom. The van der Waals surface area contributed by atoms with Gasteiger partial charge in [-0.25, -0.2) is 0 Å². The van der Waals surface area contributed by atoms with Crippen molar-refractivity contribution >= 4 is 29.1 Å². The highest BCUT2D eigenvalue weighted by Crippen LogP contribution is 2.32. The van der Waals surface area contributed by atoms with Gasteiger partial charge >= 0.3 is 0 Å². The third-order valence-corrected chi connectivity index (χ3v) is 11.2. The van der Waals surface area contributed by atoms with Gasteiger partial charge in [0.05, 0.1) is 0 Å². The van der Waals surface area contributed by atoms with E-state index in [1.54, 1.807) is 36.4 Å². The van der Waals surface area contributed by atoms with Gasteiger partial charge in [0.15, 0.2) is 0 Å². The molecular weight excluding hydrogens is 619 g/mol. The van der Waals surface area contributed by atoms with Crippen molar-refractivity contribution in [3.8, 4) is 11.1 Å². The molecule has 1 aliphatic heterocycles. The van der Waals surface area contributed by atoms with Gasteiger partial charge in [-0.3, -0.25) is 14.4 Å². The lowest BCUT2D eigenvalue weighted by Crippen LogP contribution is -2.56. The molecule has 2 fully saturated rings. The maximum atomic E-state index is 14.5. The van der Waals surface area contributed by atoms with Crippen LogP contribution in [0.25, 0.3) is 11.1 Å². The Kier molecular flexibility index (Phi) is 12.2. The van der Waals surface area contributed by atoms with Gasteiger partial charge in [-0.1, -0.05) is 66.7 Å². The third kappa shape index (κ3) is 9.21. The van der Waals surface area contributed by atoms with Gasteiger partial charge in [-0.05, 0) is 92.8 Å². The number of carbonyl (C=O) groups is 3. The van der Waals surface area contributed by atoms with Gasteiger partial charge in [0, 0.05) is 49.9 Å². The Hall–Kier alpha value is -3.79. The first-order chi connectivity index (χ1) is 23.1. The predicted octanol–water partition coefficient (Wildman–Crippen LogP) is 5.28. The minimum absolute atomic E-state index is 0.173.